The Morgan fingerprint density at radius 2 is 1.10 bits per heavy atom. The zero-order chi connectivity index (χ0) is 34.5. The van der Waals surface area contributed by atoms with Crippen LogP contribution in [-0.2, 0) is 28.7 Å². The molecule has 1 heterocycles. The normalized spacial score (nSPS) is 16.1. The summed E-state index contributed by atoms with van der Waals surface area (Å²) in [7, 11) is 0. The molecule has 2 N–H and O–H groups in total. The number of hydroxylamine groups is 2. The predicted molar refractivity (Wildman–Crippen MR) is 193 cm³/mol. The molecule has 7 rings (SSSR count). The number of carbonyl (C=O) groups excluding carboxylic acids is 4. The molecule has 10 heteroatoms. The van der Waals surface area contributed by atoms with E-state index in [1.165, 1.54) is 29.2 Å². The number of imide groups is 1. The average molecular weight is 678 g/mol. The van der Waals surface area contributed by atoms with Crippen molar-refractivity contribution in [3.05, 3.63) is 107 Å². The number of carbonyl (C=O) groups is 4. The van der Waals surface area contributed by atoms with Gasteiger partial charge in [-0.15, -0.1) is 0 Å². The molecule has 1 aliphatic heterocycles. The summed E-state index contributed by atoms with van der Waals surface area (Å²) in [5.74, 6) is -1.33. The minimum atomic E-state index is -1.06. The van der Waals surface area contributed by atoms with Gasteiger partial charge in [-0.2, -0.15) is 0 Å². The van der Waals surface area contributed by atoms with E-state index < -0.39 is 18.0 Å². The van der Waals surface area contributed by atoms with Crippen LogP contribution in [-0.4, -0.2) is 55.3 Å². The standard InChI is InChI=1S/C21H20N2O5.C18H19NO2.CH4/c1-2-22-13-7-8-16-14-5-3-4-6-15(14)18(17(16)11-13)12-27-21(26)28-23-19(24)9-10-20(23)25;1-3-19-13-8-9-16-14-6-4-5-7-15(14)18(17(16)10-13)11-21-12(2)20;/h3-8,11,18,22H,2,9-10,12H2,1H3;4-10,18-19H,3,11H2,1-2H3;1H4. The number of anilines is 2. The minimum absolute atomic E-state index is 0. The van der Waals surface area contributed by atoms with Gasteiger partial charge in [0.2, 0.25) is 0 Å². The first kappa shape index (κ1) is 35.7. The molecule has 0 spiro atoms. The summed E-state index contributed by atoms with van der Waals surface area (Å²) < 4.78 is 10.6. The molecule has 0 aromatic heterocycles. The fourth-order valence-corrected chi connectivity index (χ4v) is 6.72. The number of nitrogens with one attached hydrogen (secondary N) is 2. The summed E-state index contributed by atoms with van der Waals surface area (Å²) in [6, 6.07) is 28.9. The molecule has 3 aliphatic rings. The van der Waals surface area contributed by atoms with E-state index in [1.54, 1.807) is 0 Å². The van der Waals surface area contributed by atoms with E-state index in [9.17, 15) is 19.2 Å². The lowest BCUT2D eigenvalue weighted by Crippen LogP contribution is -2.32. The molecule has 2 amide bonds. The van der Waals surface area contributed by atoms with Gasteiger partial charge < -0.3 is 20.1 Å². The van der Waals surface area contributed by atoms with E-state index in [1.807, 2.05) is 43.3 Å². The number of amides is 2. The van der Waals surface area contributed by atoms with Gasteiger partial charge in [-0.3, -0.25) is 19.2 Å². The Labute approximate surface area is 292 Å². The zero-order valence-corrected chi connectivity index (χ0v) is 27.8. The quantitative estimate of drug-likeness (QED) is 0.135. The van der Waals surface area contributed by atoms with Gasteiger partial charge in [0, 0.05) is 56.1 Å². The van der Waals surface area contributed by atoms with Crippen molar-refractivity contribution in [3.8, 4) is 22.3 Å². The smallest absolute Gasteiger partial charge is 0.465 e. The van der Waals surface area contributed by atoms with Crippen LogP contribution in [0.1, 0.15) is 75.1 Å². The van der Waals surface area contributed by atoms with Crippen LogP contribution in [0, 0.1) is 0 Å². The Morgan fingerprint density at radius 1 is 0.660 bits per heavy atom. The maximum Gasteiger partial charge on any atom is 0.533 e. The highest BCUT2D eigenvalue weighted by Gasteiger charge is 2.35. The Bertz CT molecular complexity index is 1890. The monoisotopic (exact) mass is 677 g/mol. The van der Waals surface area contributed by atoms with Crippen molar-refractivity contribution in [1.29, 1.82) is 0 Å². The lowest BCUT2D eigenvalue weighted by molar-refractivity contribution is -0.177. The highest BCUT2D eigenvalue weighted by molar-refractivity contribution is 6.01. The second kappa shape index (κ2) is 15.7. The zero-order valence-electron chi connectivity index (χ0n) is 27.8. The third kappa shape index (κ3) is 7.34. The molecule has 4 aromatic rings. The third-order valence-corrected chi connectivity index (χ3v) is 8.86. The van der Waals surface area contributed by atoms with Crippen LogP contribution in [0.4, 0.5) is 16.2 Å². The molecule has 2 aliphatic carbocycles. The minimum Gasteiger partial charge on any atom is -0.465 e. The lowest BCUT2D eigenvalue weighted by atomic mass is 9.97. The van der Waals surface area contributed by atoms with Crippen LogP contribution in [0.15, 0.2) is 84.9 Å². The van der Waals surface area contributed by atoms with Crippen molar-refractivity contribution in [2.24, 2.45) is 0 Å². The van der Waals surface area contributed by atoms with Gasteiger partial charge in [0.15, 0.2) is 0 Å². The average Bonchev–Trinajstić information content (AvgIpc) is 3.71. The van der Waals surface area contributed by atoms with Crippen molar-refractivity contribution in [2.45, 2.75) is 52.9 Å². The second-order valence-electron chi connectivity index (χ2n) is 12.0. The van der Waals surface area contributed by atoms with E-state index in [2.05, 4.69) is 66.1 Å². The number of benzene rings is 4. The van der Waals surface area contributed by atoms with Crippen molar-refractivity contribution < 1.29 is 33.5 Å². The summed E-state index contributed by atoms with van der Waals surface area (Å²) in [6.45, 7) is 7.70. The number of esters is 1. The van der Waals surface area contributed by atoms with E-state index in [0.29, 0.717) is 11.7 Å². The summed E-state index contributed by atoms with van der Waals surface area (Å²) in [4.78, 5) is 51.1. The van der Waals surface area contributed by atoms with Gasteiger partial charge in [-0.05, 0) is 82.6 Å². The van der Waals surface area contributed by atoms with Crippen LogP contribution < -0.4 is 10.6 Å². The van der Waals surface area contributed by atoms with Crippen molar-refractivity contribution in [1.82, 2.24) is 5.06 Å². The van der Waals surface area contributed by atoms with Crippen molar-refractivity contribution in [3.63, 3.8) is 0 Å². The van der Waals surface area contributed by atoms with E-state index in [-0.39, 0.29) is 44.7 Å². The molecule has 4 aromatic carbocycles. The second-order valence-corrected chi connectivity index (χ2v) is 12.0. The van der Waals surface area contributed by atoms with Gasteiger partial charge in [0.1, 0.15) is 13.2 Å². The molecule has 2 unspecified atom stereocenters. The summed E-state index contributed by atoms with van der Waals surface area (Å²) in [5.41, 5.74) is 11.4. The Balaban J connectivity index is 0.000000198. The first-order chi connectivity index (χ1) is 23.8. The molecule has 1 fully saturated rings. The topological polar surface area (TPSA) is 123 Å². The fourth-order valence-electron chi connectivity index (χ4n) is 6.72. The molecule has 0 saturated carbocycles. The highest BCUT2D eigenvalue weighted by Crippen LogP contribution is 2.47. The number of nitrogens with zero attached hydrogens (tertiary/aromatic N) is 1. The van der Waals surface area contributed by atoms with Crippen LogP contribution in [0.2, 0.25) is 0 Å². The molecule has 10 nitrogen and oxygen atoms in total. The summed E-state index contributed by atoms with van der Waals surface area (Å²) in [5, 5.41) is 7.12. The number of hydrogen-bond donors (Lipinski definition) is 2. The van der Waals surface area contributed by atoms with E-state index >= 15 is 0 Å². The van der Waals surface area contributed by atoms with Gasteiger partial charge in [0.05, 0.1) is 0 Å². The first-order valence-electron chi connectivity index (χ1n) is 16.6. The Hall–Kier alpha value is -5.64. The van der Waals surface area contributed by atoms with E-state index in [4.69, 9.17) is 14.3 Å². The molecule has 0 bridgehead atoms. The van der Waals surface area contributed by atoms with Gasteiger partial charge >= 0.3 is 12.1 Å². The molecular formula is C40H43N3O7. The predicted octanol–water partition coefficient (Wildman–Crippen LogP) is 7.88. The van der Waals surface area contributed by atoms with Gasteiger partial charge in [-0.1, -0.05) is 73.2 Å². The number of hydrogen-bond acceptors (Lipinski definition) is 9. The molecule has 2 atom stereocenters. The summed E-state index contributed by atoms with van der Waals surface area (Å²) in [6.07, 6.45) is -0.969. The van der Waals surface area contributed by atoms with Crippen molar-refractivity contribution in [2.75, 3.05) is 36.9 Å². The van der Waals surface area contributed by atoms with Gasteiger partial charge in [-0.25, -0.2) is 4.79 Å². The third-order valence-electron chi connectivity index (χ3n) is 8.86. The molecule has 0 radical (unpaired) electrons. The SMILES string of the molecule is C.CCNc1ccc2c(c1)C(COC(=O)ON1C(=O)CCC1=O)c1ccccc1-2.CCNc1ccc2c(c1)C(COC(C)=O)c1ccccc1-2. The molecule has 1 saturated heterocycles. The van der Waals surface area contributed by atoms with Crippen LogP contribution in [0.5, 0.6) is 0 Å². The lowest BCUT2D eigenvalue weighted by Gasteiger charge is -2.16. The maximum absolute atomic E-state index is 12.0. The largest absolute Gasteiger partial charge is 0.533 e. The van der Waals surface area contributed by atoms with Crippen LogP contribution >= 0.6 is 0 Å². The Morgan fingerprint density at radius 3 is 1.56 bits per heavy atom. The molecular weight excluding hydrogens is 634 g/mol. The van der Waals surface area contributed by atoms with Crippen molar-refractivity contribution >= 4 is 35.3 Å². The van der Waals surface area contributed by atoms with E-state index in [0.717, 1.165) is 46.7 Å². The molecule has 50 heavy (non-hydrogen) atoms. The number of fused-ring (bicyclic) bond motifs is 6. The summed E-state index contributed by atoms with van der Waals surface area (Å²) >= 11 is 0. The maximum atomic E-state index is 12.0. The first-order valence-corrected chi connectivity index (χ1v) is 16.6. The Kier molecular flexibility index (Phi) is 11.2. The highest BCUT2D eigenvalue weighted by atomic mass is 16.8. The number of rotatable bonds is 9. The fraction of sp³-hybridized carbons (Fsp3) is 0.300. The molecule has 260 valence electrons. The van der Waals surface area contributed by atoms with Crippen LogP contribution in [0.25, 0.3) is 22.3 Å². The van der Waals surface area contributed by atoms with Gasteiger partial charge in [0.25, 0.3) is 11.8 Å². The van der Waals surface area contributed by atoms with Crippen LogP contribution in [0.3, 0.4) is 0 Å². The number of ether oxygens (including phenoxy) is 2.